The molecular formula is C22H23F3N4O4S. The number of anilines is 2. The summed E-state index contributed by atoms with van der Waals surface area (Å²) in [5.74, 6) is 0.283. The van der Waals surface area contributed by atoms with Crippen LogP contribution in [-0.4, -0.2) is 54.4 Å². The zero-order chi connectivity index (χ0) is 24.9. The van der Waals surface area contributed by atoms with Gasteiger partial charge >= 0.3 is 11.5 Å². The lowest BCUT2D eigenvalue weighted by Crippen LogP contribution is -2.36. The highest BCUT2D eigenvalue weighted by Crippen LogP contribution is 2.49. The molecule has 2 heterocycles. The average Bonchev–Trinajstić information content (AvgIpc) is 3.57. The first-order chi connectivity index (χ1) is 16.0. The summed E-state index contributed by atoms with van der Waals surface area (Å²) in [5, 5.41) is 0. The summed E-state index contributed by atoms with van der Waals surface area (Å²) in [6.45, 7) is 5.68. The minimum absolute atomic E-state index is 0.0171. The number of carbonyl (C=O) groups is 2. The third-order valence-electron chi connectivity index (χ3n) is 6.21. The van der Waals surface area contributed by atoms with Crippen LogP contribution in [0.25, 0.3) is 0 Å². The number of aromatic nitrogens is 1. The van der Waals surface area contributed by atoms with Crippen molar-refractivity contribution in [2.45, 2.75) is 49.2 Å². The van der Waals surface area contributed by atoms with Gasteiger partial charge < -0.3 is 9.80 Å². The molecule has 0 unspecified atom stereocenters. The molecule has 1 aliphatic carbocycles. The van der Waals surface area contributed by atoms with Crippen LogP contribution in [0.15, 0.2) is 47.5 Å². The number of benzene rings is 1. The second-order valence-corrected chi connectivity index (χ2v) is 10.1. The quantitative estimate of drug-likeness (QED) is 0.543. The fraction of sp³-hybridized carbons (Fsp3) is 0.409. The molecule has 182 valence electrons. The topological polar surface area (TPSA) is 90.9 Å². The predicted molar refractivity (Wildman–Crippen MR) is 118 cm³/mol. The molecule has 2 fully saturated rings. The maximum Gasteiger partial charge on any atom is 0.501 e. The van der Waals surface area contributed by atoms with Crippen LogP contribution in [0.3, 0.4) is 0 Å². The number of halogens is 3. The molecule has 1 aromatic heterocycles. The molecule has 2 aliphatic rings. The Morgan fingerprint density at radius 1 is 1.06 bits per heavy atom. The molecule has 1 aliphatic heterocycles. The van der Waals surface area contributed by atoms with Gasteiger partial charge in [-0.1, -0.05) is 0 Å². The van der Waals surface area contributed by atoms with Gasteiger partial charge in [0.1, 0.15) is 11.4 Å². The molecule has 3 amide bonds. The minimum Gasteiger partial charge on any atom is -0.357 e. The first-order valence-corrected chi connectivity index (χ1v) is 12.2. The number of nitrogens with zero attached hydrogens (tertiary/aromatic N) is 4. The van der Waals surface area contributed by atoms with Gasteiger partial charge in [-0.15, -0.1) is 0 Å². The van der Waals surface area contributed by atoms with Crippen molar-refractivity contribution in [2.24, 2.45) is 0 Å². The second-order valence-electron chi connectivity index (χ2n) is 8.18. The standard InChI is InChI=1S/C22H23F3N4O4S/c1-3-27(4-2)18-13-15(9-12-26-18)14-28-20(31)29(19(30)21(28)10-11-21)16-5-7-17(8-6-16)34(32,33)22(23,24)25/h5-9,12-13H,3-4,10-11,14H2,1-2H3. The van der Waals surface area contributed by atoms with Gasteiger partial charge in [-0.25, -0.2) is 23.1 Å². The normalized spacial score (nSPS) is 17.6. The number of alkyl halides is 3. The van der Waals surface area contributed by atoms with E-state index in [4.69, 9.17) is 0 Å². The van der Waals surface area contributed by atoms with Crippen LogP contribution in [0.2, 0.25) is 0 Å². The van der Waals surface area contributed by atoms with E-state index in [9.17, 15) is 31.2 Å². The number of carbonyl (C=O) groups excluding carboxylic acids is 2. The third kappa shape index (κ3) is 3.79. The first kappa shape index (κ1) is 24.0. The summed E-state index contributed by atoms with van der Waals surface area (Å²) in [6, 6.07) is 6.61. The van der Waals surface area contributed by atoms with Crippen LogP contribution >= 0.6 is 0 Å². The van der Waals surface area contributed by atoms with E-state index in [1.54, 1.807) is 12.3 Å². The molecule has 8 nitrogen and oxygen atoms in total. The van der Waals surface area contributed by atoms with E-state index in [0.717, 1.165) is 53.6 Å². The minimum atomic E-state index is -5.53. The van der Waals surface area contributed by atoms with Gasteiger partial charge in [-0.2, -0.15) is 13.2 Å². The number of pyridine rings is 1. The van der Waals surface area contributed by atoms with Gasteiger partial charge in [0.05, 0.1) is 10.6 Å². The zero-order valence-electron chi connectivity index (χ0n) is 18.5. The van der Waals surface area contributed by atoms with E-state index in [0.29, 0.717) is 12.8 Å². The van der Waals surface area contributed by atoms with Crippen LogP contribution < -0.4 is 9.80 Å². The van der Waals surface area contributed by atoms with Crippen molar-refractivity contribution in [2.75, 3.05) is 22.9 Å². The molecular weight excluding hydrogens is 473 g/mol. The van der Waals surface area contributed by atoms with Crippen molar-refractivity contribution >= 4 is 33.3 Å². The summed E-state index contributed by atoms with van der Waals surface area (Å²) in [6.07, 6.45) is 2.59. The molecule has 12 heteroatoms. The molecule has 0 atom stereocenters. The molecule has 1 spiro atoms. The highest BCUT2D eigenvalue weighted by Gasteiger charge is 2.65. The van der Waals surface area contributed by atoms with Gasteiger partial charge in [-0.3, -0.25) is 4.79 Å². The van der Waals surface area contributed by atoms with Crippen molar-refractivity contribution < 1.29 is 31.2 Å². The predicted octanol–water partition coefficient (Wildman–Crippen LogP) is 3.72. The molecule has 0 bridgehead atoms. The molecule has 1 saturated carbocycles. The van der Waals surface area contributed by atoms with Crippen LogP contribution in [0, 0.1) is 0 Å². The number of amides is 3. The lowest BCUT2D eigenvalue weighted by atomic mass is 10.2. The van der Waals surface area contributed by atoms with E-state index in [2.05, 4.69) is 9.88 Å². The van der Waals surface area contributed by atoms with Gasteiger partial charge in [-0.05, 0) is 68.7 Å². The van der Waals surface area contributed by atoms with E-state index in [1.165, 1.54) is 4.90 Å². The number of sulfone groups is 1. The Bertz CT molecular complexity index is 1220. The van der Waals surface area contributed by atoms with E-state index < -0.39 is 37.7 Å². The molecule has 0 radical (unpaired) electrons. The fourth-order valence-electron chi connectivity index (χ4n) is 4.13. The lowest BCUT2D eigenvalue weighted by Gasteiger charge is -2.23. The van der Waals surface area contributed by atoms with Crippen molar-refractivity contribution in [3.63, 3.8) is 0 Å². The van der Waals surface area contributed by atoms with E-state index in [1.807, 2.05) is 19.9 Å². The molecule has 0 N–H and O–H groups in total. The van der Waals surface area contributed by atoms with Crippen molar-refractivity contribution in [3.8, 4) is 0 Å². The van der Waals surface area contributed by atoms with Crippen LogP contribution in [0.1, 0.15) is 32.3 Å². The number of rotatable bonds is 7. The molecule has 4 rings (SSSR count). The Kier molecular flexibility index (Phi) is 5.83. The van der Waals surface area contributed by atoms with E-state index >= 15 is 0 Å². The number of urea groups is 1. The van der Waals surface area contributed by atoms with Crippen LogP contribution in [0.5, 0.6) is 0 Å². The van der Waals surface area contributed by atoms with Gasteiger partial charge in [0, 0.05) is 25.8 Å². The van der Waals surface area contributed by atoms with Crippen molar-refractivity contribution in [1.82, 2.24) is 9.88 Å². The van der Waals surface area contributed by atoms with Gasteiger partial charge in [0.25, 0.3) is 15.7 Å². The number of hydrogen-bond acceptors (Lipinski definition) is 6. The highest BCUT2D eigenvalue weighted by molar-refractivity contribution is 7.92. The van der Waals surface area contributed by atoms with Gasteiger partial charge in [0.15, 0.2) is 0 Å². The smallest absolute Gasteiger partial charge is 0.357 e. The summed E-state index contributed by atoms with van der Waals surface area (Å²) in [7, 11) is -5.53. The Labute approximate surface area is 194 Å². The largest absolute Gasteiger partial charge is 0.501 e. The fourth-order valence-corrected chi connectivity index (χ4v) is 4.89. The first-order valence-electron chi connectivity index (χ1n) is 10.7. The highest BCUT2D eigenvalue weighted by atomic mass is 32.2. The zero-order valence-corrected chi connectivity index (χ0v) is 19.4. The molecule has 2 aromatic rings. The number of imide groups is 1. The SMILES string of the molecule is CCN(CC)c1cc(CN2C(=O)N(c3ccc(S(=O)(=O)C(F)(F)F)cc3)C(=O)C23CC3)ccn1. The Balaban J connectivity index is 1.61. The average molecular weight is 497 g/mol. The van der Waals surface area contributed by atoms with Crippen LogP contribution in [0.4, 0.5) is 29.5 Å². The third-order valence-corrected chi connectivity index (χ3v) is 7.71. The Morgan fingerprint density at radius 3 is 2.21 bits per heavy atom. The maximum atomic E-state index is 13.3. The molecule has 1 aromatic carbocycles. The van der Waals surface area contributed by atoms with Gasteiger partial charge in [0.2, 0.25) is 0 Å². The Morgan fingerprint density at radius 2 is 1.68 bits per heavy atom. The monoisotopic (exact) mass is 496 g/mol. The van der Waals surface area contributed by atoms with Crippen molar-refractivity contribution in [1.29, 1.82) is 0 Å². The summed E-state index contributed by atoms with van der Waals surface area (Å²) >= 11 is 0. The lowest BCUT2D eigenvalue weighted by molar-refractivity contribution is -0.120. The summed E-state index contributed by atoms with van der Waals surface area (Å²) in [4.78, 5) is 34.2. The molecule has 34 heavy (non-hydrogen) atoms. The number of hydrogen-bond donors (Lipinski definition) is 0. The Hall–Kier alpha value is -3.15. The maximum absolute atomic E-state index is 13.3. The second kappa shape index (κ2) is 8.26. The summed E-state index contributed by atoms with van der Waals surface area (Å²) < 4.78 is 61.7. The summed E-state index contributed by atoms with van der Waals surface area (Å²) in [5.41, 5.74) is -5.63. The van der Waals surface area contributed by atoms with E-state index in [-0.39, 0.29) is 12.2 Å². The van der Waals surface area contributed by atoms with Crippen molar-refractivity contribution in [3.05, 3.63) is 48.2 Å². The van der Waals surface area contributed by atoms with Crippen LogP contribution in [-0.2, 0) is 21.2 Å². The molecule has 1 saturated heterocycles.